The van der Waals surface area contributed by atoms with E-state index in [4.69, 9.17) is 5.73 Å². The average Bonchev–Trinajstić information content (AvgIpc) is 2.49. The summed E-state index contributed by atoms with van der Waals surface area (Å²) in [6.07, 6.45) is 6.11. The maximum atomic E-state index is 12.4. The molecule has 1 aliphatic carbocycles. The van der Waals surface area contributed by atoms with Gasteiger partial charge < -0.3 is 15.5 Å². The number of likely N-dealkylation sites (N-methyl/N-ethyl adjacent to an activating group) is 2. The molecule has 0 aromatic rings. The van der Waals surface area contributed by atoms with Crippen LogP contribution in [0.1, 0.15) is 52.4 Å². The number of hydrogen-bond donors (Lipinski definition) is 1. The Bertz CT molecular complexity index is 347. The third-order valence-corrected chi connectivity index (χ3v) is 4.79. The van der Waals surface area contributed by atoms with Gasteiger partial charge in [0.2, 0.25) is 11.8 Å². The lowest BCUT2D eigenvalue weighted by atomic mass is 9.71. The van der Waals surface area contributed by atoms with Gasteiger partial charge in [-0.1, -0.05) is 19.3 Å². The maximum Gasteiger partial charge on any atom is 0.242 e. The van der Waals surface area contributed by atoms with Gasteiger partial charge in [0.25, 0.3) is 0 Å². The molecule has 0 heterocycles. The summed E-state index contributed by atoms with van der Waals surface area (Å²) in [4.78, 5) is 27.8. The molecule has 1 fully saturated rings. The summed E-state index contributed by atoms with van der Waals surface area (Å²) in [6.45, 7) is 6.01. The Morgan fingerprint density at radius 3 is 2.10 bits per heavy atom. The Labute approximate surface area is 128 Å². The van der Waals surface area contributed by atoms with Crippen LogP contribution >= 0.6 is 0 Å². The monoisotopic (exact) mass is 297 g/mol. The van der Waals surface area contributed by atoms with Crippen LogP contribution in [0.2, 0.25) is 0 Å². The number of amides is 2. The molecule has 5 heteroatoms. The standard InChI is InChI=1S/C16H31N3O2/c1-4-19(5-2)15(21)12-18(3)14(20)11-16(13-17)9-7-6-8-10-16/h4-13,17H2,1-3H3. The molecule has 2 N–H and O–H groups in total. The number of nitrogens with two attached hydrogens (primary N) is 1. The van der Waals surface area contributed by atoms with Crippen LogP contribution in [0.5, 0.6) is 0 Å². The number of carbonyl (C=O) groups excluding carboxylic acids is 2. The van der Waals surface area contributed by atoms with Crippen molar-refractivity contribution < 1.29 is 9.59 Å². The minimum Gasteiger partial charge on any atom is -0.342 e. The molecule has 0 unspecified atom stereocenters. The summed E-state index contributed by atoms with van der Waals surface area (Å²) in [7, 11) is 1.72. The van der Waals surface area contributed by atoms with Crippen LogP contribution in [0, 0.1) is 5.41 Å². The van der Waals surface area contributed by atoms with Crippen LogP contribution in [-0.4, -0.2) is 54.8 Å². The molecule has 0 aromatic heterocycles. The van der Waals surface area contributed by atoms with Gasteiger partial charge in [0.15, 0.2) is 0 Å². The van der Waals surface area contributed by atoms with Crippen LogP contribution in [0.4, 0.5) is 0 Å². The molecule has 1 aliphatic rings. The molecule has 122 valence electrons. The van der Waals surface area contributed by atoms with E-state index in [2.05, 4.69) is 0 Å². The predicted octanol–water partition coefficient (Wildman–Crippen LogP) is 1.61. The summed E-state index contributed by atoms with van der Waals surface area (Å²) < 4.78 is 0. The Morgan fingerprint density at radius 1 is 1.05 bits per heavy atom. The molecule has 5 nitrogen and oxygen atoms in total. The third-order valence-electron chi connectivity index (χ3n) is 4.79. The summed E-state index contributed by atoms with van der Waals surface area (Å²) in [5.74, 6) is 0.0594. The first-order valence-electron chi connectivity index (χ1n) is 8.20. The van der Waals surface area contributed by atoms with Crippen LogP contribution in [0.3, 0.4) is 0 Å². The van der Waals surface area contributed by atoms with Gasteiger partial charge in [0.1, 0.15) is 0 Å². The zero-order chi connectivity index (χ0) is 15.9. The fourth-order valence-corrected chi connectivity index (χ4v) is 3.18. The molecule has 0 bridgehead atoms. The van der Waals surface area contributed by atoms with Gasteiger partial charge >= 0.3 is 0 Å². The van der Waals surface area contributed by atoms with Crippen molar-refractivity contribution in [1.29, 1.82) is 0 Å². The van der Waals surface area contributed by atoms with Gasteiger partial charge in [-0.2, -0.15) is 0 Å². The predicted molar refractivity (Wildman–Crippen MR) is 84.8 cm³/mol. The van der Waals surface area contributed by atoms with E-state index >= 15 is 0 Å². The first-order valence-corrected chi connectivity index (χ1v) is 8.20. The highest BCUT2D eigenvalue weighted by atomic mass is 16.2. The van der Waals surface area contributed by atoms with Crippen molar-refractivity contribution in [2.75, 3.05) is 33.2 Å². The molecule has 21 heavy (non-hydrogen) atoms. The number of nitrogens with zero attached hydrogens (tertiary/aromatic N) is 2. The molecule has 0 aromatic carbocycles. The lowest BCUT2D eigenvalue weighted by molar-refractivity contribution is -0.140. The average molecular weight is 297 g/mol. The molecular formula is C16H31N3O2. The first-order chi connectivity index (χ1) is 9.98. The van der Waals surface area contributed by atoms with Crippen molar-refractivity contribution in [3.63, 3.8) is 0 Å². The van der Waals surface area contributed by atoms with Crippen molar-refractivity contribution in [1.82, 2.24) is 9.80 Å². The van der Waals surface area contributed by atoms with Crippen molar-refractivity contribution in [3.8, 4) is 0 Å². The molecule has 0 saturated heterocycles. The lowest BCUT2D eigenvalue weighted by Gasteiger charge is -2.36. The quantitative estimate of drug-likeness (QED) is 0.776. The van der Waals surface area contributed by atoms with Gasteiger partial charge in [0.05, 0.1) is 6.54 Å². The second-order valence-electron chi connectivity index (χ2n) is 6.26. The first kappa shape index (κ1) is 18.0. The summed E-state index contributed by atoms with van der Waals surface area (Å²) in [5.41, 5.74) is 5.89. The van der Waals surface area contributed by atoms with Crippen molar-refractivity contribution in [3.05, 3.63) is 0 Å². The molecule has 1 saturated carbocycles. The minimum absolute atomic E-state index is 0.0151. The number of rotatable bonds is 7. The van der Waals surface area contributed by atoms with E-state index in [-0.39, 0.29) is 23.8 Å². The number of carbonyl (C=O) groups is 2. The summed E-state index contributed by atoms with van der Waals surface area (Å²) >= 11 is 0. The fraction of sp³-hybridized carbons (Fsp3) is 0.875. The normalized spacial score (nSPS) is 17.3. The molecule has 0 spiro atoms. The van der Waals surface area contributed by atoms with Crippen molar-refractivity contribution >= 4 is 11.8 Å². The second kappa shape index (κ2) is 8.37. The highest BCUT2D eigenvalue weighted by Gasteiger charge is 2.34. The smallest absolute Gasteiger partial charge is 0.242 e. The lowest BCUT2D eigenvalue weighted by Crippen LogP contribution is -2.44. The van der Waals surface area contributed by atoms with Crippen molar-refractivity contribution in [2.45, 2.75) is 52.4 Å². The fourth-order valence-electron chi connectivity index (χ4n) is 3.18. The highest BCUT2D eigenvalue weighted by Crippen LogP contribution is 2.38. The molecule has 0 radical (unpaired) electrons. The second-order valence-corrected chi connectivity index (χ2v) is 6.26. The minimum atomic E-state index is -0.0398. The molecule has 1 rings (SSSR count). The summed E-state index contributed by atoms with van der Waals surface area (Å²) in [5, 5.41) is 0. The Hall–Kier alpha value is -1.10. The van der Waals surface area contributed by atoms with Crippen LogP contribution in [-0.2, 0) is 9.59 Å². The van der Waals surface area contributed by atoms with E-state index in [1.807, 2.05) is 13.8 Å². The summed E-state index contributed by atoms with van der Waals surface area (Å²) in [6, 6.07) is 0. The van der Waals surface area contributed by atoms with Crippen LogP contribution in [0.15, 0.2) is 0 Å². The Balaban J connectivity index is 2.55. The highest BCUT2D eigenvalue weighted by molar-refractivity contribution is 5.85. The van der Waals surface area contributed by atoms with Crippen LogP contribution < -0.4 is 5.73 Å². The van der Waals surface area contributed by atoms with E-state index in [1.54, 1.807) is 16.8 Å². The van der Waals surface area contributed by atoms with Gasteiger partial charge in [-0.05, 0) is 38.6 Å². The van der Waals surface area contributed by atoms with E-state index in [0.29, 0.717) is 26.1 Å². The zero-order valence-corrected chi connectivity index (χ0v) is 13.9. The van der Waals surface area contributed by atoms with Crippen molar-refractivity contribution in [2.24, 2.45) is 11.1 Å². The number of hydrogen-bond acceptors (Lipinski definition) is 3. The zero-order valence-electron chi connectivity index (χ0n) is 13.9. The SMILES string of the molecule is CCN(CC)C(=O)CN(C)C(=O)CC1(CN)CCCCC1. The largest absolute Gasteiger partial charge is 0.342 e. The van der Waals surface area contributed by atoms with Gasteiger partial charge in [0, 0.05) is 26.6 Å². The van der Waals surface area contributed by atoms with E-state index in [9.17, 15) is 9.59 Å². The van der Waals surface area contributed by atoms with Gasteiger partial charge in [-0.3, -0.25) is 9.59 Å². The molecule has 2 amide bonds. The van der Waals surface area contributed by atoms with E-state index in [0.717, 1.165) is 25.7 Å². The maximum absolute atomic E-state index is 12.4. The Kier molecular flexibility index (Phi) is 7.15. The topological polar surface area (TPSA) is 66.6 Å². The van der Waals surface area contributed by atoms with Gasteiger partial charge in [-0.15, -0.1) is 0 Å². The van der Waals surface area contributed by atoms with E-state index < -0.39 is 0 Å². The van der Waals surface area contributed by atoms with Crippen LogP contribution in [0.25, 0.3) is 0 Å². The third kappa shape index (κ3) is 4.99. The van der Waals surface area contributed by atoms with E-state index in [1.165, 1.54) is 6.42 Å². The Morgan fingerprint density at radius 2 is 1.62 bits per heavy atom. The molecule has 0 aliphatic heterocycles. The molecule has 0 atom stereocenters. The van der Waals surface area contributed by atoms with Gasteiger partial charge in [-0.25, -0.2) is 0 Å². The molecular weight excluding hydrogens is 266 g/mol.